The summed E-state index contributed by atoms with van der Waals surface area (Å²) in [5, 5.41) is 3.39. The molecule has 1 saturated carbocycles. The molecule has 0 radical (unpaired) electrons. The Kier molecular flexibility index (Phi) is 4.52. The van der Waals surface area contributed by atoms with Crippen molar-refractivity contribution in [2.75, 3.05) is 5.75 Å². The number of aromatic amines is 1. The molecule has 1 aromatic rings. The molecule has 1 heterocycles. The Morgan fingerprint density at radius 2 is 2.19 bits per heavy atom. The number of H-pyrrole nitrogens is 1. The third kappa shape index (κ3) is 3.13. The Morgan fingerprint density at radius 3 is 2.81 bits per heavy atom. The number of rotatable bonds is 4. The zero-order chi connectivity index (χ0) is 11.4. The summed E-state index contributed by atoms with van der Waals surface area (Å²) in [5.74, 6) is 1.02. The molecular formula is C10H16BrN2O2S+. The van der Waals surface area contributed by atoms with E-state index in [0.717, 1.165) is 17.5 Å². The molecule has 6 heteroatoms. The zero-order valence-electron chi connectivity index (χ0n) is 9.08. The van der Waals surface area contributed by atoms with Crippen LogP contribution >= 0.6 is 27.7 Å². The first kappa shape index (κ1) is 12.2. The van der Waals surface area contributed by atoms with Crippen LogP contribution in [0.2, 0.25) is 0 Å². The predicted molar refractivity (Wildman–Crippen MR) is 66.6 cm³/mol. The first-order valence-electron chi connectivity index (χ1n) is 5.66. The normalized spacial score (nSPS) is 17.8. The van der Waals surface area contributed by atoms with E-state index in [1.807, 2.05) is 11.8 Å². The molecule has 0 amide bonds. The largest absolute Gasteiger partial charge is 0.441 e. The molecule has 0 aromatic carbocycles. The molecule has 1 fully saturated rings. The third-order valence-electron chi connectivity index (χ3n) is 2.87. The van der Waals surface area contributed by atoms with Crippen molar-refractivity contribution in [2.24, 2.45) is 0 Å². The number of nitrogens with zero attached hydrogens (tertiary/aromatic N) is 1. The highest BCUT2D eigenvalue weighted by Gasteiger charge is 2.18. The van der Waals surface area contributed by atoms with Crippen LogP contribution in [-0.4, -0.2) is 16.3 Å². The van der Waals surface area contributed by atoms with Gasteiger partial charge in [0.15, 0.2) is 6.54 Å². The monoisotopic (exact) mass is 307 g/mol. The third-order valence-corrected chi connectivity index (χ3v) is 4.99. The highest BCUT2D eigenvalue weighted by atomic mass is 79.9. The van der Waals surface area contributed by atoms with Crippen LogP contribution in [0.3, 0.4) is 0 Å². The van der Waals surface area contributed by atoms with Gasteiger partial charge in [0.2, 0.25) is 0 Å². The van der Waals surface area contributed by atoms with Gasteiger partial charge in [-0.3, -0.25) is 4.52 Å². The second-order valence-electron chi connectivity index (χ2n) is 4.05. The van der Waals surface area contributed by atoms with Gasteiger partial charge in [-0.2, -0.15) is 11.8 Å². The number of aryl methyl sites for hydroxylation is 1. The number of aromatic nitrogens is 2. The van der Waals surface area contributed by atoms with Gasteiger partial charge in [0, 0.05) is 21.2 Å². The molecule has 0 atom stereocenters. The lowest BCUT2D eigenvalue weighted by atomic mass is 10.0. The Morgan fingerprint density at radius 1 is 1.44 bits per heavy atom. The summed E-state index contributed by atoms with van der Waals surface area (Å²) in [7, 11) is 0. The van der Waals surface area contributed by atoms with Gasteiger partial charge in [-0.1, -0.05) is 23.9 Å². The predicted octanol–water partition coefficient (Wildman–Crippen LogP) is 2.08. The molecule has 90 valence electrons. The minimum Gasteiger partial charge on any atom is -0.282 e. The number of hydrogen-bond acceptors (Lipinski definition) is 3. The van der Waals surface area contributed by atoms with Gasteiger partial charge in [-0.15, -0.1) is 0 Å². The van der Waals surface area contributed by atoms with Crippen LogP contribution in [0.4, 0.5) is 0 Å². The van der Waals surface area contributed by atoms with E-state index in [4.69, 9.17) is 0 Å². The molecule has 2 rings (SSSR count). The fraction of sp³-hybridized carbons (Fsp3) is 0.800. The summed E-state index contributed by atoms with van der Waals surface area (Å²) in [6, 6.07) is 0. The van der Waals surface area contributed by atoms with Crippen LogP contribution in [0.1, 0.15) is 32.1 Å². The van der Waals surface area contributed by atoms with Crippen molar-refractivity contribution in [1.82, 2.24) is 5.27 Å². The highest BCUT2D eigenvalue weighted by molar-refractivity contribution is 9.10. The molecule has 0 aliphatic heterocycles. The average Bonchev–Trinajstić information content (AvgIpc) is 2.62. The van der Waals surface area contributed by atoms with E-state index in [1.54, 1.807) is 4.68 Å². The van der Waals surface area contributed by atoms with E-state index < -0.39 is 0 Å². The summed E-state index contributed by atoms with van der Waals surface area (Å²) in [5.41, 5.74) is -0.345. The van der Waals surface area contributed by atoms with Crippen molar-refractivity contribution in [3.63, 3.8) is 0 Å². The molecule has 0 bridgehead atoms. The van der Waals surface area contributed by atoms with Gasteiger partial charge in [0.1, 0.15) is 0 Å². The first-order chi connectivity index (χ1) is 7.77. The smallest absolute Gasteiger partial charge is 0.282 e. The van der Waals surface area contributed by atoms with Gasteiger partial charge < -0.3 is 0 Å². The molecule has 0 spiro atoms. The van der Waals surface area contributed by atoms with Gasteiger partial charge >= 0.3 is 10.2 Å². The number of halogens is 1. The second-order valence-corrected chi connectivity index (χ2v) is 6.21. The van der Waals surface area contributed by atoms with E-state index in [9.17, 15) is 4.79 Å². The standard InChI is InChI=1S/C10H15BrN2O2S/c11-9-10(14)15-12-13(9)6-7-16-8-4-2-1-3-5-8/h8H,1-7H2/p+1. The summed E-state index contributed by atoms with van der Waals surface area (Å²) >= 11 is 5.20. The van der Waals surface area contributed by atoms with Crippen molar-refractivity contribution in [2.45, 2.75) is 43.9 Å². The molecule has 1 aliphatic rings. The van der Waals surface area contributed by atoms with Crippen LogP contribution in [0.25, 0.3) is 0 Å². The fourth-order valence-corrected chi connectivity index (χ4v) is 3.59. The maximum absolute atomic E-state index is 11.0. The average molecular weight is 308 g/mol. The minimum atomic E-state index is -0.345. The SMILES string of the molecule is O=c1o[nH][n+](CCSC2CCCCC2)c1Br. The first-order valence-corrected chi connectivity index (χ1v) is 7.50. The van der Waals surface area contributed by atoms with Gasteiger partial charge in [-0.05, 0) is 18.1 Å². The van der Waals surface area contributed by atoms with E-state index in [0.29, 0.717) is 4.60 Å². The van der Waals surface area contributed by atoms with Crippen LogP contribution in [0.15, 0.2) is 13.9 Å². The minimum absolute atomic E-state index is 0.345. The lowest BCUT2D eigenvalue weighted by Gasteiger charge is -2.19. The van der Waals surface area contributed by atoms with E-state index >= 15 is 0 Å². The number of thioether (sulfide) groups is 1. The Balaban J connectivity index is 1.75. The highest BCUT2D eigenvalue weighted by Crippen LogP contribution is 2.27. The summed E-state index contributed by atoms with van der Waals surface area (Å²) in [6.07, 6.45) is 6.83. The molecular weight excluding hydrogens is 292 g/mol. The van der Waals surface area contributed by atoms with Crippen molar-refractivity contribution < 1.29 is 9.20 Å². The maximum Gasteiger partial charge on any atom is 0.441 e. The Labute approximate surface area is 107 Å². The second kappa shape index (κ2) is 5.91. The van der Waals surface area contributed by atoms with E-state index in [2.05, 4.69) is 25.7 Å². The van der Waals surface area contributed by atoms with Crippen molar-refractivity contribution in [3.8, 4) is 0 Å². The Hall–Kier alpha value is -0.230. The van der Waals surface area contributed by atoms with Gasteiger partial charge in [-0.25, -0.2) is 4.79 Å². The summed E-state index contributed by atoms with van der Waals surface area (Å²) in [6.45, 7) is 0.785. The molecule has 1 aliphatic carbocycles. The van der Waals surface area contributed by atoms with E-state index in [-0.39, 0.29) is 5.63 Å². The van der Waals surface area contributed by atoms with Crippen molar-refractivity contribution >= 4 is 27.7 Å². The molecule has 1 aromatic heterocycles. The fourth-order valence-electron chi connectivity index (χ4n) is 1.98. The van der Waals surface area contributed by atoms with Crippen LogP contribution in [0.5, 0.6) is 0 Å². The molecule has 4 nitrogen and oxygen atoms in total. The van der Waals surface area contributed by atoms with E-state index in [1.165, 1.54) is 32.1 Å². The summed E-state index contributed by atoms with van der Waals surface area (Å²) < 4.78 is 6.84. The number of hydrogen-bond donors (Lipinski definition) is 1. The van der Waals surface area contributed by atoms with Crippen molar-refractivity contribution in [1.29, 1.82) is 0 Å². The van der Waals surface area contributed by atoms with Crippen LogP contribution in [-0.2, 0) is 6.54 Å². The lowest BCUT2D eigenvalue weighted by molar-refractivity contribution is -0.767. The maximum atomic E-state index is 11.0. The van der Waals surface area contributed by atoms with Crippen molar-refractivity contribution in [3.05, 3.63) is 15.0 Å². The lowest BCUT2D eigenvalue weighted by Crippen LogP contribution is -2.39. The van der Waals surface area contributed by atoms with Crippen LogP contribution in [0, 0.1) is 0 Å². The van der Waals surface area contributed by atoms with Gasteiger partial charge in [0.05, 0.1) is 5.75 Å². The summed E-state index contributed by atoms with van der Waals surface area (Å²) in [4.78, 5) is 11.0. The molecule has 1 N–H and O–H groups in total. The van der Waals surface area contributed by atoms with Crippen LogP contribution < -0.4 is 10.3 Å². The van der Waals surface area contributed by atoms with Gasteiger partial charge in [0.25, 0.3) is 0 Å². The number of nitrogens with one attached hydrogen (secondary N) is 1. The molecule has 0 saturated heterocycles. The zero-order valence-corrected chi connectivity index (χ0v) is 11.5. The topological polar surface area (TPSA) is 49.9 Å². The molecule has 0 unspecified atom stereocenters. The molecule has 16 heavy (non-hydrogen) atoms. The Bertz CT molecular complexity index is 384. The quantitative estimate of drug-likeness (QED) is 0.867.